The summed E-state index contributed by atoms with van der Waals surface area (Å²) in [4.78, 5) is 0. The highest BCUT2D eigenvalue weighted by atomic mass is 35.5. The average Bonchev–Trinajstić information content (AvgIpc) is 2.75. The molecular formula is C13H13ClO3. The molecule has 1 heterocycles. The molecule has 1 atom stereocenters. The van der Waals surface area contributed by atoms with Gasteiger partial charge in [0, 0.05) is 0 Å². The summed E-state index contributed by atoms with van der Waals surface area (Å²) in [5.41, 5.74) is 1.70. The van der Waals surface area contributed by atoms with E-state index < -0.39 is 6.10 Å². The second kappa shape index (κ2) is 4.82. The Bertz CT molecular complexity index is 519. The Hall–Kier alpha value is -1.45. The van der Waals surface area contributed by atoms with Crippen molar-refractivity contribution in [2.75, 3.05) is 7.11 Å². The molecule has 17 heavy (non-hydrogen) atoms. The predicted molar refractivity (Wildman–Crippen MR) is 65.5 cm³/mol. The summed E-state index contributed by atoms with van der Waals surface area (Å²) in [5, 5.41) is 10.4. The number of rotatable bonds is 3. The molecular weight excluding hydrogens is 240 g/mol. The first-order chi connectivity index (χ1) is 8.11. The minimum atomic E-state index is -0.813. The zero-order valence-electron chi connectivity index (χ0n) is 9.61. The van der Waals surface area contributed by atoms with Crippen LogP contribution in [0.15, 0.2) is 34.7 Å². The Kier molecular flexibility index (Phi) is 3.41. The maximum Gasteiger partial charge on any atom is 0.193 e. The van der Waals surface area contributed by atoms with E-state index in [1.807, 2.05) is 19.1 Å². The molecule has 0 fully saturated rings. The molecule has 2 aromatic rings. The number of methoxy groups -OCH3 is 1. The van der Waals surface area contributed by atoms with Crippen LogP contribution in [0.1, 0.15) is 23.0 Å². The number of aryl methyl sites for hydroxylation is 1. The van der Waals surface area contributed by atoms with Gasteiger partial charge in [0.25, 0.3) is 0 Å². The minimum absolute atomic E-state index is 0.268. The fourth-order valence-electron chi connectivity index (χ4n) is 1.71. The van der Waals surface area contributed by atoms with Gasteiger partial charge in [-0.15, -0.1) is 0 Å². The van der Waals surface area contributed by atoms with Crippen LogP contribution in [0.2, 0.25) is 5.22 Å². The molecule has 0 aliphatic carbocycles. The lowest BCUT2D eigenvalue weighted by Gasteiger charge is -2.11. The van der Waals surface area contributed by atoms with Gasteiger partial charge in [-0.25, -0.2) is 0 Å². The molecule has 0 saturated heterocycles. The van der Waals surface area contributed by atoms with E-state index in [0.29, 0.717) is 5.76 Å². The lowest BCUT2D eigenvalue weighted by molar-refractivity contribution is 0.189. The van der Waals surface area contributed by atoms with E-state index in [1.54, 1.807) is 25.3 Å². The van der Waals surface area contributed by atoms with Crippen molar-refractivity contribution in [3.05, 3.63) is 52.4 Å². The van der Waals surface area contributed by atoms with Crippen molar-refractivity contribution in [3.8, 4) is 5.75 Å². The molecule has 1 aromatic heterocycles. The van der Waals surface area contributed by atoms with Crippen molar-refractivity contribution in [1.82, 2.24) is 0 Å². The number of aliphatic hydroxyl groups is 1. The second-order valence-electron chi connectivity index (χ2n) is 3.77. The standard InChI is InChI=1S/C13H13ClO3/c1-8-7-9(3-4-10(8)16-2)13(15)11-5-6-12(14)17-11/h3-7,13,15H,1-2H3. The van der Waals surface area contributed by atoms with E-state index in [9.17, 15) is 5.11 Å². The second-order valence-corrected chi connectivity index (χ2v) is 4.15. The van der Waals surface area contributed by atoms with Gasteiger partial charge >= 0.3 is 0 Å². The van der Waals surface area contributed by atoms with Gasteiger partial charge in [0.05, 0.1) is 7.11 Å². The third-order valence-corrected chi connectivity index (χ3v) is 2.80. The van der Waals surface area contributed by atoms with Gasteiger partial charge in [0.2, 0.25) is 0 Å². The van der Waals surface area contributed by atoms with Crippen molar-refractivity contribution >= 4 is 11.6 Å². The zero-order chi connectivity index (χ0) is 12.4. The van der Waals surface area contributed by atoms with Crippen LogP contribution >= 0.6 is 11.6 Å². The molecule has 0 spiro atoms. The monoisotopic (exact) mass is 252 g/mol. The molecule has 0 bridgehead atoms. The van der Waals surface area contributed by atoms with Crippen LogP contribution in [0.4, 0.5) is 0 Å². The molecule has 0 aliphatic heterocycles. The van der Waals surface area contributed by atoms with Gasteiger partial charge in [-0.1, -0.05) is 6.07 Å². The number of benzene rings is 1. The molecule has 1 N–H and O–H groups in total. The topological polar surface area (TPSA) is 42.6 Å². The first kappa shape index (κ1) is 12.0. The molecule has 4 heteroatoms. The van der Waals surface area contributed by atoms with Gasteiger partial charge in [-0.3, -0.25) is 0 Å². The van der Waals surface area contributed by atoms with E-state index in [1.165, 1.54) is 0 Å². The maximum atomic E-state index is 10.1. The highest BCUT2D eigenvalue weighted by Crippen LogP contribution is 2.28. The molecule has 3 nitrogen and oxygen atoms in total. The quantitative estimate of drug-likeness (QED) is 0.911. The Morgan fingerprint density at radius 2 is 2.06 bits per heavy atom. The first-order valence-electron chi connectivity index (χ1n) is 5.19. The van der Waals surface area contributed by atoms with E-state index >= 15 is 0 Å². The molecule has 0 amide bonds. The normalized spacial score (nSPS) is 12.5. The van der Waals surface area contributed by atoms with E-state index in [2.05, 4.69) is 0 Å². The summed E-state index contributed by atoms with van der Waals surface area (Å²) in [7, 11) is 1.62. The third kappa shape index (κ3) is 2.46. The van der Waals surface area contributed by atoms with Crippen LogP contribution in [0.25, 0.3) is 0 Å². The van der Waals surface area contributed by atoms with Crippen molar-refractivity contribution in [2.45, 2.75) is 13.0 Å². The Morgan fingerprint density at radius 1 is 1.29 bits per heavy atom. The average molecular weight is 253 g/mol. The summed E-state index contributed by atoms with van der Waals surface area (Å²) < 4.78 is 10.3. The SMILES string of the molecule is COc1ccc(C(O)c2ccc(Cl)o2)cc1C. The summed E-state index contributed by atoms with van der Waals surface area (Å²) in [6.45, 7) is 1.92. The molecule has 1 unspecified atom stereocenters. The van der Waals surface area contributed by atoms with Crippen molar-refractivity contribution < 1.29 is 14.3 Å². The number of halogens is 1. The lowest BCUT2D eigenvalue weighted by atomic mass is 10.0. The van der Waals surface area contributed by atoms with E-state index in [-0.39, 0.29) is 5.22 Å². The molecule has 0 radical (unpaired) electrons. The number of aliphatic hydroxyl groups excluding tert-OH is 1. The molecule has 0 saturated carbocycles. The highest BCUT2D eigenvalue weighted by molar-refractivity contribution is 6.28. The first-order valence-corrected chi connectivity index (χ1v) is 5.57. The third-order valence-electron chi connectivity index (χ3n) is 2.60. The van der Waals surface area contributed by atoms with Crippen LogP contribution in [0.5, 0.6) is 5.75 Å². The highest BCUT2D eigenvalue weighted by Gasteiger charge is 2.15. The number of hydrogen-bond acceptors (Lipinski definition) is 3. The summed E-state index contributed by atoms with van der Waals surface area (Å²) in [6.07, 6.45) is -0.813. The zero-order valence-corrected chi connectivity index (χ0v) is 10.4. The number of hydrogen-bond donors (Lipinski definition) is 1. The van der Waals surface area contributed by atoms with Crippen LogP contribution in [0, 0.1) is 6.92 Å². The molecule has 1 aromatic carbocycles. The van der Waals surface area contributed by atoms with Crippen molar-refractivity contribution in [2.24, 2.45) is 0 Å². The predicted octanol–water partition coefficient (Wildman–Crippen LogP) is 3.33. The van der Waals surface area contributed by atoms with Crippen LogP contribution in [-0.2, 0) is 0 Å². The Labute approximate surface area is 105 Å². The van der Waals surface area contributed by atoms with Gasteiger partial charge in [0.15, 0.2) is 5.22 Å². The van der Waals surface area contributed by atoms with Crippen molar-refractivity contribution in [1.29, 1.82) is 0 Å². The van der Waals surface area contributed by atoms with Gasteiger partial charge < -0.3 is 14.3 Å². The summed E-state index contributed by atoms with van der Waals surface area (Å²) in [5.74, 6) is 1.22. The lowest BCUT2D eigenvalue weighted by Crippen LogP contribution is -1.99. The van der Waals surface area contributed by atoms with Crippen molar-refractivity contribution in [3.63, 3.8) is 0 Å². The Morgan fingerprint density at radius 3 is 2.59 bits per heavy atom. The summed E-state index contributed by atoms with van der Waals surface area (Å²) >= 11 is 5.67. The van der Waals surface area contributed by atoms with Crippen LogP contribution < -0.4 is 4.74 Å². The van der Waals surface area contributed by atoms with E-state index in [4.69, 9.17) is 20.8 Å². The largest absolute Gasteiger partial charge is 0.496 e. The van der Waals surface area contributed by atoms with Crippen LogP contribution in [-0.4, -0.2) is 12.2 Å². The fraction of sp³-hybridized carbons (Fsp3) is 0.231. The van der Waals surface area contributed by atoms with Gasteiger partial charge in [-0.05, 0) is 53.9 Å². The van der Waals surface area contributed by atoms with E-state index in [0.717, 1.165) is 16.9 Å². The van der Waals surface area contributed by atoms with Gasteiger partial charge in [-0.2, -0.15) is 0 Å². The summed E-state index contributed by atoms with van der Waals surface area (Å²) in [6, 6.07) is 8.74. The maximum absolute atomic E-state index is 10.1. The molecule has 90 valence electrons. The molecule has 0 aliphatic rings. The number of ether oxygens (including phenoxy) is 1. The fourth-order valence-corrected chi connectivity index (χ4v) is 1.86. The van der Waals surface area contributed by atoms with Gasteiger partial charge in [0.1, 0.15) is 17.6 Å². The smallest absolute Gasteiger partial charge is 0.193 e. The molecule has 2 rings (SSSR count). The number of furan rings is 1. The minimum Gasteiger partial charge on any atom is -0.496 e. The Balaban J connectivity index is 2.31. The van der Waals surface area contributed by atoms with Crippen LogP contribution in [0.3, 0.4) is 0 Å².